The van der Waals surface area contributed by atoms with Gasteiger partial charge in [0.05, 0.1) is 5.69 Å². The van der Waals surface area contributed by atoms with E-state index < -0.39 is 6.04 Å². The summed E-state index contributed by atoms with van der Waals surface area (Å²) >= 11 is 0. The van der Waals surface area contributed by atoms with Crippen LogP contribution in [0.2, 0.25) is 0 Å². The summed E-state index contributed by atoms with van der Waals surface area (Å²) in [4.78, 5) is 44.6. The first-order chi connectivity index (χ1) is 19.3. The molecule has 6 nitrogen and oxygen atoms in total. The van der Waals surface area contributed by atoms with Crippen LogP contribution in [0.1, 0.15) is 40.9 Å². The van der Waals surface area contributed by atoms with Crippen LogP contribution >= 0.6 is 0 Å². The van der Waals surface area contributed by atoms with Gasteiger partial charge in [0.25, 0.3) is 5.91 Å². The predicted molar refractivity (Wildman–Crippen MR) is 159 cm³/mol. The summed E-state index contributed by atoms with van der Waals surface area (Å²) in [6, 6.07) is 28.4. The number of amides is 3. The summed E-state index contributed by atoms with van der Waals surface area (Å²) in [5.41, 5.74) is 4.29. The number of anilines is 1. The lowest BCUT2D eigenvalue weighted by Gasteiger charge is -2.33. The van der Waals surface area contributed by atoms with E-state index in [4.69, 9.17) is 0 Å². The molecule has 1 heterocycles. The predicted octanol–water partition coefficient (Wildman–Crippen LogP) is 5.52. The van der Waals surface area contributed by atoms with Gasteiger partial charge in [-0.1, -0.05) is 98.3 Å². The van der Waals surface area contributed by atoms with E-state index in [2.05, 4.69) is 5.32 Å². The van der Waals surface area contributed by atoms with Crippen molar-refractivity contribution < 1.29 is 14.4 Å². The Morgan fingerprint density at radius 3 is 2.30 bits per heavy atom. The average molecular weight is 534 g/mol. The lowest BCUT2D eigenvalue weighted by atomic mass is 10.0. The molecule has 1 N–H and O–H groups in total. The summed E-state index contributed by atoms with van der Waals surface area (Å²) in [5.74, 6) is -0.403. The van der Waals surface area contributed by atoms with Crippen molar-refractivity contribution in [3.63, 3.8) is 0 Å². The molecule has 6 heteroatoms. The third kappa shape index (κ3) is 5.76. The van der Waals surface area contributed by atoms with Crippen LogP contribution in [0.4, 0.5) is 5.69 Å². The van der Waals surface area contributed by atoms with E-state index in [0.717, 1.165) is 33.2 Å². The summed E-state index contributed by atoms with van der Waals surface area (Å²) < 4.78 is 0. The maximum absolute atomic E-state index is 14.2. The molecule has 0 saturated heterocycles. The first-order valence-electron chi connectivity index (χ1n) is 13.8. The van der Waals surface area contributed by atoms with E-state index in [1.54, 1.807) is 15.9 Å². The van der Waals surface area contributed by atoms with Crippen LogP contribution < -0.4 is 10.2 Å². The zero-order chi connectivity index (χ0) is 28.2. The zero-order valence-corrected chi connectivity index (χ0v) is 23.3. The second-order valence-corrected chi connectivity index (χ2v) is 10.9. The van der Waals surface area contributed by atoms with Crippen LogP contribution in [-0.4, -0.2) is 41.8 Å². The fourth-order valence-corrected chi connectivity index (χ4v) is 5.35. The number of aryl methyl sites for hydroxylation is 1. The Morgan fingerprint density at radius 2 is 1.57 bits per heavy atom. The van der Waals surface area contributed by atoms with Gasteiger partial charge in [0.2, 0.25) is 11.8 Å². The van der Waals surface area contributed by atoms with Gasteiger partial charge in [0.15, 0.2) is 0 Å². The molecule has 5 rings (SSSR count). The minimum atomic E-state index is -0.745. The van der Waals surface area contributed by atoms with Crippen molar-refractivity contribution in [2.75, 3.05) is 18.0 Å². The number of rotatable bonds is 10. The number of carbonyl (C=O) groups excluding carboxylic acids is 3. The SMILES string of the molecule is Cc1cccc(CN(C(=O)CN2C(=O)c3cccc4cccc2c34)[C@@H](Cc2ccccc2)C(=O)NCC(C)C)c1. The van der Waals surface area contributed by atoms with Crippen molar-refractivity contribution >= 4 is 34.2 Å². The molecule has 0 fully saturated rings. The smallest absolute Gasteiger partial charge is 0.259 e. The molecule has 3 amide bonds. The summed E-state index contributed by atoms with van der Waals surface area (Å²) in [7, 11) is 0. The fraction of sp³-hybridized carbons (Fsp3) is 0.265. The van der Waals surface area contributed by atoms with E-state index in [1.165, 1.54) is 0 Å². The first-order valence-corrected chi connectivity index (χ1v) is 13.8. The standard InChI is InChI=1S/C34H35N3O3/c1-23(2)20-35-33(39)30(19-25-11-5-4-6-12-25)36(21-26-13-7-10-24(3)18-26)31(38)22-37-29-17-9-15-27-14-8-16-28(32(27)29)34(37)40/h4-18,23,30H,19-22H2,1-3H3,(H,35,39)/t30-/m0/s1. The molecule has 0 aromatic heterocycles. The molecular weight excluding hydrogens is 498 g/mol. The van der Waals surface area contributed by atoms with Gasteiger partial charge in [-0.25, -0.2) is 0 Å². The Balaban J connectivity index is 1.50. The summed E-state index contributed by atoms with van der Waals surface area (Å²) in [6.45, 7) is 6.71. The number of benzene rings is 4. The highest BCUT2D eigenvalue weighted by molar-refractivity contribution is 6.26. The minimum Gasteiger partial charge on any atom is -0.354 e. The van der Waals surface area contributed by atoms with Crippen LogP contribution in [0.5, 0.6) is 0 Å². The van der Waals surface area contributed by atoms with E-state index in [9.17, 15) is 14.4 Å². The average Bonchev–Trinajstić information content (AvgIpc) is 3.22. The molecule has 0 spiro atoms. The Labute approximate surface area is 235 Å². The molecule has 204 valence electrons. The highest BCUT2D eigenvalue weighted by atomic mass is 16.2. The molecule has 4 aromatic rings. The van der Waals surface area contributed by atoms with Crippen LogP contribution in [0.25, 0.3) is 10.8 Å². The summed E-state index contributed by atoms with van der Waals surface area (Å²) in [5, 5.41) is 4.88. The second-order valence-electron chi connectivity index (χ2n) is 10.9. The third-order valence-electron chi connectivity index (χ3n) is 7.33. The zero-order valence-electron chi connectivity index (χ0n) is 23.3. The molecule has 0 radical (unpaired) electrons. The molecule has 1 aliphatic rings. The number of nitrogens with zero attached hydrogens (tertiary/aromatic N) is 2. The van der Waals surface area contributed by atoms with Crippen molar-refractivity contribution in [3.05, 3.63) is 113 Å². The molecule has 40 heavy (non-hydrogen) atoms. The van der Waals surface area contributed by atoms with Crippen molar-refractivity contribution in [1.29, 1.82) is 0 Å². The van der Waals surface area contributed by atoms with Gasteiger partial charge in [-0.3, -0.25) is 19.3 Å². The first kappa shape index (κ1) is 27.1. The van der Waals surface area contributed by atoms with Gasteiger partial charge in [0, 0.05) is 30.5 Å². The highest BCUT2D eigenvalue weighted by Gasteiger charge is 2.35. The number of hydrogen-bond donors (Lipinski definition) is 1. The molecular formula is C34H35N3O3. The molecule has 1 atom stereocenters. The Kier molecular flexibility index (Phi) is 7.96. The lowest BCUT2D eigenvalue weighted by Crippen LogP contribution is -2.53. The number of nitrogens with one attached hydrogen (secondary N) is 1. The van der Waals surface area contributed by atoms with Gasteiger partial charge in [-0.15, -0.1) is 0 Å². The van der Waals surface area contributed by atoms with Gasteiger partial charge in [-0.05, 0) is 41.5 Å². The summed E-state index contributed by atoms with van der Waals surface area (Å²) in [6.07, 6.45) is 0.367. The van der Waals surface area contributed by atoms with Crippen LogP contribution in [0, 0.1) is 12.8 Å². The van der Waals surface area contributed by atoms with Crippen molar-refractivity contribution in [2.45, 2.75) is 39.8 Å². The van der Waals surface area contributed by atoms with Gasteiger partial charge < -0.3 is 10.2 Å². The number of carbonyl (C=O) groups is 3. The maximum atomic E-state index is 14.2. The molecule has 4 aromatic carbocycles. The largest absolute Gasteiger partial charge is 0.354 e. The maximum Gasteiger partial charge on any atom is 0.259 e. The highest BCUT2D eigenvalue weighted by Crippen LogP contribution is 2.37. The molecule has 1 aliphatic heterocycles. The van der Waals surface area contributed by atoms with Gasteiger partial charge in [0.1, 0.15) is 12.6 Å². The van der Waals surface area contributed by atoms with Crippen molar-refractivity contribution in [2.24, 2.45) is 5.92 Å². The second kappa shape index (κ2) is 11.7. The van der Waals surface area contributed by atoms with Crippen molar-refractivity contribution in [3.8, 4) is 0 Å². The molecule has 0 bridgehead atoms. The van der Waals surface area contributed by atoms with E-state index >= 15 is 0 Å². The van der Waals surface area contributed by atoms with E-state index in [0.29, 0.717) is 18.5 Å². The van der Waals surface area contributed by atoms with Crippen molar-refractivity contribution in [1.82, 2.24) is 10.2 Å². The van der Waals surface area contributed by atoms with Gasteiger partial charge >= 0.3 is 0 Å². The van der Waals surface area contributed by atoms with E-state index in [-0.39, 0.29) is 36.7 Å². The Morgan fingerprint density at radius 1 is 0.875 bits per heavy atom. The Bertz CT molecular complexity index is 1540. The minimum absolute atomic E-state index is 0.152. The number of hydrogen-bond acceptors (Lipinski definition) is 3. The normalized spacial score (nSPS) is 13.1. The fourth-order valence-electron chi connectivity index (χ4n) is 5.35. The Hall–Kier alpha value is -4.45. The van der Waals surface area contributed by atoms with E-state index in [1.807, 2.05) is 106 Å². The van der Waals surface area contributed by atoms with Crippen LogP contribution in [0.3, 0.4) is 0 Å². The molecule has 0 aliphatic carbocycles. The topological polar surface area (TPSA) is 69.7 Å². The van der Waals surface area contributed by atoms with Crippen LogP contribution in [0.15, 0.2) is 91.0 Å². The molecule has 0 saturated carbocycles. The monoisotopic (exact) mass is 533 g/mol. The van der Waals surface area contributed by atoms with Crippen LogP contribution in [-0.2, 0) is 22.6 Å². The van der Waals surface area contributed by atoms with Gasteiger partial charge in [-0.2, -0.15) is 0 Å². The lowest BCUT2D eigenvalue weighted by molar-refractivity contribution is -0.140. The third-order valence-corrected chi connectivity index (χ3v) is 7.33. The quantitative estimate of drug-likeness (QED) is 0.292. The molecule has 0 unspecified atom stereocenters.